The van der Waals surface area contributed by atoms with Crippen molar-refractivity contribution >= 4 is 5.69 Å². The quantitative estimate of drug-likeness (QED) is 0.898. The van der Waals surface area contributed by atoms with Crippen molar-refractivity contribution in [2.45, 2.75) is 51.8 Å². The second kappa shape index (κ2) is 6.60. The molecule has 1 saturated heterocycles. The number of alkyl halides is 2. The Morgan fingerprint density at radius 1 is 1.33 bits per heavy atom. The monoisotopic (exact) mass is 298 g/mol. The van der Waals surface area contributed by atoms with Gasteiger partial charge in [-0.05, 0) is 44.0 Å². The van der Waals surface area contributed by atoms with Crippen molar-refractivity contribution in [1.29, 1.82) is 0 Å². The van der Waals surface area contributed by atoms with Crippen LogP contribution in [0.5, 0.6) is 5.75 Å². The lowest BCUT2D eigenvalue weighted by atomic mass is 9.92. The SMILES string of the molecule is CCC1CNC(C)(CC)CN1c1ccc(OC(F)F)cc1. The van der Waals surface area contributed by atoms with Crippen LogP contribution < -0.4 is 15.0 Å². The molecule has 1 fully saturated rings. The molecule has 0 saturated carbocycles. The van der Waals surface area contributed by atoms with Gasteiger partial charge in [0.15, 0.2) is 0 Å². The standard InChI is InChI=1S/C16H24F2N2O/c1-4-12-10-19-16(3,5-2)11-20(12)13-6-8-14(9-7-13)21-15(17)18/h6-9,12,15,19H,4-5,10-11H2,1-3H3. The van der Waals surface area contributed by atoms with Crippen LogP contribution in [0.2, 0.25) is 0 Å². The molecule has 0 aromatic heterocycles. The summed E-state index contributed by atoms with van der Waals surface area (Å²) in [5, 5.41) is 3.62. The van der Waals surface area contributed by atoms with Crippen molar-refractivity contribution in [1.82, 2.24) is 5.32 Å². The molecule has 1 aromatic rings. The highest BCUT2D eigenvalue weighted by atomic mass is 19.3. The van der Waals surface area contributed by atoms with Crippen LogP contribution in [0.3, 0.4) is 0 Å². The highest BCUT2D eigenvalue weighted by Crippen LogP contribution is 2.28. The van der Waals surface area contributed by atoms with Gasteiger partial charge in [0.25, 0.3) is 0 Å². The normalized spacial score (nSPS) is 26.2. The van der Waals surface area contributed by atoms with E-state index in [0.29, 0.717) is 6.04 Å². The van der Waals surface area contributed by atoms with Gasteiger partial charge >= 0.3 is 6.61 Å². The fourth-order valence-electron chi connectivity index (χ4n) is 2.76. The molecule has 1 heterocycles. The maximum Gasteiger partial charge on any atom is 0.387 e. The second-order valence-electron chi connectivity index (χ2n) is 5.86. The van der Waals surface area contributed by atoms with Crippen molar-refractivity contribution in [3.8, 4) is 5.75 Å². The smallest absolute Gasteiger partial charge is 0.387 e. The molecule has 1 aliphatic rings. The van der Waals surface area contributed by atoms with E-state index < -0.39 is 6.61 Å². The van der Waals surface area contributed by atoms with E-state index in [1.165, 1.54) is 0 Å². The molecule has 0 amide bonds. The molecular formula is C16H24F2N2O. The van der Waals surface area contributed by atoms with Crippen LogP contribution in [-0.2, 0) is 0 Å². The molecule has 2 rings (SSSR count). The molecule has 0 radical (unpaired) electrons. The summed E-state index contributed by atoms with van der Waals surface area (Å²) in [6.45, 7) is 5.65. The third-order valence-corrected chi connectivity index (χ3v) is 4.37. The van der Waals surface area contributed by atoms with Crippen molar-refractivity contribution in [3.05, 3.63) is 24.3 Å². The van der Waals surface area contributed by atoms with Gasteiger partial charge in [0.05, 0.1) is 0 Å². The third-order valence-electron chi connectivity index (χ3n) is 4.37. The summed E-state index contributed by atoms with van der Waals surface area (Å²) in [5.41, 5.74) is 1.15. The molecule has 2 atom stereocenters. The number of hydrogen-bond donors (Lipinski definition) is 1. The minimum absolute atomic E-state index is 0.0871. The Morgan fingerprint density at radius 2 is 2.00 bits per heavy atom. The number of nitrogens with one attached hydrogen (secondary N) is 1. The van der Waals surface area contributed by atoms with Crippen molar-refractivity contribution in [2.24, 2.45) is 0 Å². The first-order valence-corrected chi connectivity index (χ1v) is 7.54. The van der Waals surface area contributed by atoms with Gasteiger partial charge in [-0.3, -0.25) is 0 Å². The molecule has 0 bridgehead atoms. The van der Waals surface area contributed by atoms with Crippen LogP contribution in [0.1, 0.15) is 33.6 Å². The lowest BCUT2D eigenvalue weighted by Crippen LogP contribution is -2.62. The molecule has 1 aromatic carbocycles. The Hall–Kier alpha value is -1.36. The molecular weight excluding hydrogens is 274 g/mol. The molecule has 0 spiro atoms. The summed E-state index contributed by atoms with van der Waals surface area (Å²) in [6.07, 6.45) is 2.09. The van der Waals surface area contributed by atoms with E-state index >= 15 is 0 Å². The first-order chi connectivity index (χ1) is 9.97. The minimum atomic E-state index is -2.78. The molecule has 0 aliphatic carbocycles. The van der Waals surface area contributed by atoms with E-state index in [2.05, 4.69) is 35.7 Å². The second-order valence-corrected chi connectivity index (χ2v) is 5.86. The molecule has 3 nitrogen and oxygen atoms in total. The number of hydrogen-bond acceptors (Lipinski definition) is 3. The average Bonchev–Trinajstić information content (AvgIpc) is 2.47. The first-order valence-electron chi connectivity index (χ1n) is 7.54. The van der Waals surface area contributed by atoms with E-state index in [1.807, 2.05) is 12.1 Å². The number of rotatable bonds is 5. The van der Waals surface area contributed by atoms with Crippen molar-refractivity contribution in [3.63, 3.8) is 0 Å². The van der Waals surface area contributed by atoms with Gasteiger partial charge < -0.3 is 15.0 Å². The van der Waals surface area contributed by atoms with E-state index in [4.69, 9.17) is 0 Å². The first kappa shape index (κ1) is 16.0. The summed E-state index contributed by atoms with van der Waals surface area (Å²) in [6, 6.07) is 7.37. The van der Waals surface area contributed by atoms with Crippen LogP contribution in [0, 0.1) is 0 Å². The average molecular weight is 298 g/mol. The van der Waals surface area contributed by atoms with Crippen molar-refractivity contribution < 1.29 is 13.5 Å². The number of halogens is 2. The van der Waals surface area contributed by atoms with Gasteiger partial charge in [0, 0.05) is 30.4 Å². The van der Waals surface area contributed by atoms with Crippen molar-refractivity contribution in [2.75, 3.05) is 18.0 Å². The Balaban J connectivity index is 2.16. The summed E-state index contributed by atoms with van der Waals surface area (Å²) >= 11 is 0. The topological polar surface area (TPSA) is 24.5 Å². The Kier molecular flexibility index (Phi) is 5.04. The highest BCUT2D eigenvalue weighted by Gasteiger charge is 2.33. The lowest BCUT2D eigenvalue weighted by molar-refractivity contribution is -0.0498. The molecule has 2 unspecified atom stereocenters. The molecule has 1 aliphatic heterocycles. The van der Waals surface area contributed by atoms with Gasteiger partial charge in [-0.25, -0.2) is 0 Å². The highest BCUT2D eigenvalue weighted by molar-refractivity contribution is 5.51. The predicted molar refractivity (Wildman–Crippen MR) is 81.2 cm³/mol. The molecule has 21 heavy (non-hydrogen) atoms. The van der Waals surface area contributed by atoms with E-state index in [9.17, 15) is 8.78 Å². The maximum atomic E-state index is 12.2. The maximum absolute atomic E-state index is 12.2. The van der Waals surface area contributed by atoms with Crippen LogP contribution in [-0.4, -0.2) is 31.3 Å². The molecule has 118 valence electrons. The van der Waals surface area contributed by atoms with E-state index in [-0.39, 0.29) is 11.3 Å². The van der Waals surface area contributed by atoms with Gasteiger partial charge in [-0.2, -0.15) is 8.78 Å². The zero-order valence-corrected chi connectivity index (χ0v) is 12.9. The van der Waals surface area contributed by atoms with E-state index in [0.717, 1.165) is 31.6 Å². The number of anilines is 1. The third kappa shape index (κ3) is 3.84. The summed E-state index contributed by atoms with van der Waals surface area (Å²) in [7, 11) is 0. The summed E-state index contributed by atoms with van der Waals surface area (Å²) in [5.74, 6) is 0.204. The van der Waals surface area contributed by atoms with Crippen LogP contribution in [0.15, 0.2) is 24.3 Å². The summed E-state index contributed by atoms with van der Waals surface area (Å²) < 4.78 is 28.8. The Bertz CT molecular complexity index is 452. The van der Waals surface area contributed by atoms with Gasteiger partial charge in [0.2, 0.25) is 0 Å². The lowest BCUT2D eigenvalue weighted by Gasteiger charge is -2.47. The van der Waals surface area contributed by atoms with E-state index in [1.54, 1.807) is 12.1 Å². The molecule has 5 heteroatoms. The van der Waals surface area contributed by atoms with Gasteiger partial charge in [-0.1, -0.05) is 13.8 Å². The molecule has 1 N–H and O–H groups in total. The fourth-order valence-corrected chi connectivity index (χ4v) is 2.76. The van der Waals surface area contributed by atoms with Gasteiger partial charge in [-0.15, -0.1) is 0 Å². The fraction of sp³-hybridized carbons (Fsp3) is 0.625. The van der Waals surface area contributed by atoms with Gasteiger partial charge in [0.1, 0.15) is 5.75 Å². The van der Waals surface area contributed by atoms with Crippen LogP contribution >= 0.6 is 0 Å². The Labute approximate surface area is 125 Å². The number of benzene rings is 1. The Morgan fingerprint density at radius 3 is 2.52 bits per heavy atom. The number of nitrogens with zero attached hydrogens (tertiary/aromatic N) is 1. The van der Waals surface area contributed by atoms with Crippen LogP contribution in [0.4, 0.5) is 14.5 Å². The van der Waals surface area contributed by atoms with Crippen LogP contribution in [0.25, 0.3) is 0 Å². The number of piperazine rings is 1. The zero-order valence-electron chi connectivity index (χ0n) is 12.9. The summed E-state index contributed by atoms with van der Waals surface area (Å²) in [4.78, 5) is 2.37. The minimum Gasteiger partial charge on any atom is -0.435 e. The largest absolute Gasteiger partial charge is 0.435 e. The zero-order chi connectivity index (χ0) is 15.5. The predicted octanol–water partition coefficient (Wildman–Crippen LogP) is 3.64. The number of ether oxygens (including phenoxy) is 1.